The van der Waals surface area contributed by atoms with Crippen molar-refractivity contribution in [2.24, 2.45) is 5.73 Å². The van der Waals surface area contributed by atoms with Crippen molar-refractivity contribution in [3.8, 4) is 0 Å². The molecule has 1 aliphatic rings. The molecule has 0 radical (unpaired) electrons. The van der Waals surface area contributed by atoms with Gasteiger partial charge in [0.15, 0.2) is 5.82 Å². The van der Waals surface area contributed by atoms with Crippen LogP contribution in [0.3, 0.4) is 0 Å². The summed E-state index contributed by atoms with van der Waals surface area (Å²) >= 11 is 3.01. The Morgan fingerprint density at radius 3 is 2.48 bits per heavy atom. The summed E-state index contributed by atoms with van der Waals surface area (Å²) < 4.78 is 40.5. The number of rotatable bonds is 3. The number of carboxylic acid groups (broad SMARTS) is 1. The quantitative estimate of drug-likeness (QED) is 0.825. The minimum absolute atomic E-state index is 0.0709. The van der Waals surface area contributed by atoms with Gasteiger partial charge in [0, 0.05) is 23.6 Å². The van der Waals surface area contributed by atoms with Crippen LogP contribution in [0, 0.1) is 5.82 Å². The molecule has 116 valence electrons. The van der Waals surface area contributed by atoms with Crippen LogP contribution in [0.1, 0.15) is 23.2 Å². The Hall–Kier alpha value is -1.03. The SMILES string of the molecule is NC1CCN(S(=O)(=O)c2cc(Br)cc(C(=O)O)c2F)CC1. The lowest BCUT2D eigenvalue weighted by Crippen LogP contribution is -2.43. The molecule has 0 aliphatic carbocycles. The summed E-state index contributed by atoms with van der Waals surface area (Å²) in [6.07, 6.45) is 0.973. The average Bonchev–Trinajstić information content (AvgIpc) is 2.41. The van der Waals surface area contributed by atoms with Crippen molar-refractivity contribution in [1.29, 1.82) is 0 Å². The molecule has 1 aliphatic heterocycles. The van der Waals surface area contributed by atoms with Crippen LogP contribution in [-0.2, 0) is 10.0 Å². The molecule has 0 saturated carbocycles. The maximum atomic E-state index is 14.2. The van der Waals surface area contributed by atoms with E-state index in [4.69, 9.17) is 10.8 Å². The molecule has 0 aromatic heterocycles. The van der Waals surface area contributed by atoms with Gasteiger partial charge in [0.2, 0.25) is 10.0 Å². The van der Waals surface area contributed by atoms with Gasteiger partial charge in [0.05, 0.1) is 5.56 Å². The van der Waals surface area contributed by atoms with E-state index in [2.05, 4.69) is 15.9 Å². The van der Waals surface area contributed by atoms with E-state index < -0.39 is 32.3 Å². The molecule has 1 aromatic carbocycles. The van der Waals surface area contributed by atoms with Gasteiger partial charge >= 0.3 is 5.97 Å². The standard InChI is InChI=1S/C12H14BrFN2O4S/c13-7-5-9(12(17)18)11(14)10(6-7)21(19,20)16-3-1-8(15)2-4-16/h5-6,8H,1-4,15H2,(H,17,18). The molecule has 1 aromatic rings. The zero-order valence-corrected chi connectivity index (χ0v) is 13.3. The number of piperidine rings is 1. The van der Waals surface area contributed by atoms with Gasteiger partial charge in [-0.05, 0) is 25.0 Å². The highest BCUT2D eigenvalue weighted by Gasteiger charge is 2.32. The maximum Gasteiger partial charge on any atom is 0.338 e. The lowest BCUT2D eigenvalue weighted by atomic mass is 10.1. The van der Waals surface area contributed by atoms with E-state index in [0.717, 1.165) is 16.4 Å². The van der Waals surface area contributed by atoms with E-state index in [1.54, 1.807) is 0 Å². The van der Waals surface area contributed by atoms with Gasteiger partial charge in [-0.15, -0.1) is 0 Å². The first-order valence-corrected chi connectivity index (χ1v) is 8.45. The summed E-state index contributed by atoms with van der Waals surface area (Å²) in [4.78, 5) is 10.4. The summed E-state index contributed by atoms with van der Waals surface area (Å²) in [5, 5.41) is 8.94. The van der Waals surface area contributed by atoms with Gasteiger partial charge in [0.25, 0.3) is 0 Å². The molecular formula is C12H14BrFN2O4S. The van der Waals surface area contributed by atoms with E-state index in [1.165, 1.54) is 0 Å². The zero-order chi connectivity index (χ0) is 15.8. The molecular weight excluding hydrogens is 367 g/mol. The van der Waals surface area contributed by atoms with Crippen LogP contribution in [0.15, 0.2) is 21.5 Å². The Kier molecular flexibility index (Phi) is 4.66. The first-order chi connectivity index (χ1) is 9.73. The monoisotopic (exact) mass is 380 g/mol. The highest BCUT2D eigenvalue weighted by Crippen LogP contribution is 2.28. The van der Waals surface area contributed by atoms with Crippen LogP contribution in [-0.4, -0.2) is 42.9 Å². The van der Waals surface area contributed by atoms with Crippen molar-refractivity contribution in [1.82, 2.24) is 4.31 Å². The molecule has 0 bridgehead atoms. The molecule has 1 fully saturated rings. The molecule has 6 nitrogen and oxygen atoms in total. The minimum Gasteiger partial charge on any atom is -0.478 e. The number of halogens is 2. The van der Waals surface area contributed by atoms with Crippen LogP contribution in [0.25, 0.3) is 0 Å². The predicted molar refractivity (Wildman–Crippen MR) is 77.0 cm³/mol. The Balaban J connectivity index is 2.47. The summed E-state index contributed by atoms with van der Waals surface area (Å²) in [6, 6.07) is 2.03. The fourth-order valence-electron chi connectivity index (χ4n) is 2.16. The van der Waals surface area contributed by atoms with Crippen LogP contribution < -0.4 is 5.73 Å². The Morgan fingerprint density at radius 2 is 1.95 bits per heavy atom. The summed E-state index contributed by atoms with van der Waals surface area (Å²) in [5.41, 5.74) is 5.03. The first-order valence-electron chi connectivity index (χ1n) is 6.21. The Morgan fingerprint density at radius 1 is 1.38 bits per heavy atom. The normalized spacial score (nSPS) is 17.9. The second-order valence-electron chi connectivity index (χ2n) is 4.81. The molecule has 0 amide bonds. The lowest BCUT2D eigenvalue weighted by molar-refractivity contribution is 0.0691. The largest absolute Gasteiger partial charge is 0.478 e. The summed E-state index contributed by atoms with van der Waals surface area (Å²) in [6.45, 7) is 0.385. The Bertz CT molecular complexity index is 672. The van der Waals surface area contributed by atoms with Gasteiger partial charge in [-0.25, -0.2) is 17.6 Å². The second kappa shape index (κ2) is 5.99. The van der Waals surface area contributed by atoms with E-state index in [1.807, 2.05) is 0 Å². The molecule has 1 heterocycles. The second-order valence-corrected chi connectivity index (χ2v) is 7.63. The number of hydrogen-bond acceptors (Lipinski definition) is 4. The van der Waals surface area contributed by atoms with Crippen molar-refractivity contribution < 1.29 is 22.7 Å². The van der Waals surface area contributed by atoms with Gasteiger partial charge in [-0.2, -0.15) is 4.31 Å². The van der Waals surface area contributed by atoms with E-state index in [-0.39, 0.29) is 23.6 Å². The molecule has 1 saturated heterocycles. The third-order valence-electron chi connectivity index (χ3n) is 3.35. The lowest BCUT2D eigenvalue weighted by Gasteiger charge is -2.29. The molecule has 9 heteroatoms. The third-order valence-corrected chi connectivity index (χ3v) is 5.71. The van der Waals surface area contributed by atoms with Crippen LogP contribution >= 0.6 is 15.9 Å². The first kappa shape index (κ1) is 16.3. The number of nitrogens with two attached hydrogens (primary N) is 1. The van der Waals surface area contributed by atoms with E-state index in [0.29, 0.717) is 12.8 Å². The number of carbonyl (C=O) groups is 1. The number of carboxylic acids is 1. The number of sulfonamides is 1. The third kappa shape index (κ3) is 3.25. The van der Waals surface area contributed by atoms with Crippen molar-refractivity contribution in [2.45, 2.75) is 23.8 Å². The van der Waals surface area contributed by atoms with Gasteiger partial charge < -0.3 is 10.8 Å². The number of aromatic carboxylic acids is 1. The molecule has 0 unspecified atom stereocenters. The Labute approximate surface area is 129 Å². The predicted octanol–water partition coefficient (Wildman–Crippen LogP) is 1.40. The van der Waals surface area contributed by atoms with E-state index in [9.17, 15) is 17.6 Å². The summed E-state index contributed by atoms with van der Waals surface area (Å²) in [5.74, 6) is -2.77. The highest BCUT2D eigenvalue weighted by molar-refractivity contribution is 9.10. The topological polar surface area (TPSA) is 101 Å². The van der Waals surface area contributed by atoms with E-state index >= 15 is 0 Å². The van der Waals surface area contributed by atoms with Crippen molar-refractivity contribution in [3.63, 3.8) is 0 Å². The van der Waals surface area contributed by atoms with Gasteiger partial charge in [0.1, 0.15) is 4.90 Å². The molecule has 3 N–H and O–H groups in total. The molecule has 21 heavy (non-hydrogen) atoms. The number of nitrogens with zero attached hydrogens (tertiary/aromatic N) is 1. The molecule has 2 rings (SSSR count). The highest BCUT2D eigenvalue weighted by atomic mass is 79.9. The van der Waals surface area contributed by atoms with Crippen molar-refractivity contribution in [3.05, 3.63) is 28.0 Å². The van der Waals surface area contributed by atoms with Crippen LogP contribution in [0.5, 0.6) is 0 Å². The fourth-order valence-corrected chi connectivity index (χ4v) is 4.35. The fraction of sp³-hybridized carbons (Fsp3) is 0.417. The summed E-state index contributed by atoms with van der Waals surface area (Å²) in [7, 11) is -4.09. The van der Waals surface area contributed by atoms with Crippen molar-refractivity contribution in [2.75, 3.05) is 13.1 Å². The number of hydrogen-bond donors (Lipinski definition) is 2. The smallest absolute Gasteiger partial charge is 0.338 e. The van der Waals surface area contributed by atoms with Crippen LogP contribution in [0.4, 0.5) is 4.39 Å². The zero-order valence-electron chi connectivity index (χ0n) is 10.9. The number of benzene rings is 1. The molecule has 0 spiro atoms. The van der Waals surface area contributed by atoms with Gasteiger partial charge in [-0.3, -0.25) is 0 Å². The molecule has 0 atom stereocenters. The van der Waals surface area contributed by atoms with Crippen LogP contribution in [0.2, 0.25) is 0 Å². The minimum atomic E-state index is -4.09. The van der Waals surface area contributed by atoms with Crippen molar-refractivity contribution >= 4 is 31.9 Å². The average molecular weight is 381 g/mol. The maximum absolute atomic E-state index is 14.2. The van der Waals surface area contributed by atoms with Gasteiger partial charge in [-0.1, -0.05) is 15.9 Å².